The molecule has 3 nitrogen and oxygen atoms in total. The minimum atomic E-state index is 0.620. The highest BCUT2D eigenvalue weighted by molar-refractivity contribution is 6.17. The molecule has 0 aliphatic rings. The normalized spacial score (nSPS) is 10.3. The van der Waals surface area contributed by atoms with Gasteiger partial charge in [0.25, 0.3) is 0 Å². The van der Waals surface area contributed by atoms with Gasteiger partial charge in [0.2, 0.25) is 5.95 Å². The minimum Gasteiger partial charge on any atom is -0.324 e. The van der Waals surface area contributed by atoms with Crippen LogP contribution in [0, 0.1) is 6.92 Å². The summed E-state index contributed by atoms with van der Waals surface area (Å²) in [7, 11) is 0. The van der Waals surface area contributed by atoms with Gasteiger partial charge in [0.15, 0.2) is 0 Å². The third-order valence-electron chi connectivity index (χ3n) is 2.56. The molecule has 4 heteroatoms. The number of alkyl halides is 1. The second-order valence-corrected chi connectivity index (χ2v) is 4.58. The van der Waals surface area contributed by atoms with E-state index in [4.69, 9.17) is 11.6 Å². The fourth-order valence-corrected chi connectivity index (χ4v) is 1.80. The van der Waals surface area contributed by atoms with E-state index in [1.807, 2.05) is 19.1 Å². The molecule has 0 saturated heterocycles. The van der Waals surface area contributed by atoms with Crippen molar-refractivity contribution in [2.24, 2.45) is 0 Å². The third-order valence-corrected chi connectivity index (χ3v) is 2.83. The Bertz CT molecular complexity index is 497. The summed E-state index contributed by atoms with van der Waals surface area (Å²) in [5, 5.41) is 3.19. The Morgan fingerprint density at radius 2 is 2.00 bits per heavy atom. The quantitative estimate of drug-likeness (QED) is 0.834. The number of rotatable bonds is 5. The van der Waals surface area contributed by atoms with Gasteiger partial charge in [-0.1, -0.05) is 12.1 Å². The van der Waals surface area contributed by atoms with E-state index in [1.54, 1.807) is 12.4 Å². The second-order valence-electron chi connectivity index (χ2n) is 4.20. The van der Waals surface area contributed by atoms with Gasteiger partial charge >= 0.3 is 0 Å². The lowest BCUT2D eigenvalue weighted by Crippen LogP contribution is -1.97. The van der Waals surface area contributed by atoms with E-state index in [9.17, 15) is 0 Å². The molecule has 0 saturated carbocycles. The van der Waals surface area contributed by atoms with Crippen molar-refractivity contribution < 1.29 is 0 Å². The van der Waals surface area contributed by atoms with E-state index in [-0.39, 0.29) is 0 Å². The molecule has 1 aromatic heterocycles. The van der Waals surface area contributed by atoms with Gasteiger partial charge in [0.1, 0.15) is 0 Å². The summed E-state index contributed by atoms with van der Waals surface area (Å²) in [4.78, 5) is 8.44. The van der Waals surface area contributed by atoms with E-state index < -0.39 is 0 Å². The second kappa shape index (κ2) is 6.36. The van der Waals surface area contributed by atoms with Crippen LogP contribution in [-0.2, 0) is 6.42 Å². The van der Waals surface area contributed by atoms with Crippen molar-refractivity contribution in [3.8, 4) is 0 Å². The molecular weight excluding hydrogens is 246 g/mol. The molecule has 2 rings (SSSR count). The maximum Gasteiger partial charge on any atom is 0.227 e. The molecule has 0 amide bonds. The summed E-state index contributed by atoms with van der Waals surface area (Å²) in [5.41, 5.74) is 3.33. The number of aryl methyl sites for hydroxylation is 2. The van der Waals surface area contributed by atoms with Crippen molar-refractivity contribution in [3.05, 3.63) is 47.8 Å². The van der Waals surface area contributed by atoms with Gasteiger partial charge < -0.3 is 5.32 Å². The average molecular weight is 262 g/mol. The van der Waals surface area contributed by atoms with Gasteiger partial charge in [0, 0.05) is 24.0 Å². The zero-order chi connectivity index (χ0) is 12.8. The van der Waals surface area contributed by atoms with E-state index in [0.717, 1.165) is 24.1 Å². The predicted molar refractivity (Wildman–Crippen MR) is 75.5 cm³/mol. The van der Waals surface area contributed by atoms with Crippen LogP contribution >= 0.6 is 11.6 Å². The van der Waals surface area contributed by atoms with Crippen molar-refractivity contribution in [1.29, 1.82) is 0 Å². The molecule has 1 aromatic carbocycles. The zero-order valence-corrected chi connectivity index (χ0v) is 11.1. The van der Waals surface area contributed by atoms with Gasteiger partial charge in [-0.2, -0.15) is 0 Å². The minimum absolute atomic E-state index is 0.620. The van der Waals surface area contributed by atoms with Gasteiger partial charge in [-0.3, -0.25) is 0 Å². The highest BCUT2D eigenvalue weighted by atomic mass is 35.5. The molecule has 1 heterocycles. The summed E-state index contributed by atoms with van der Waals surface area (Å²) in [6, 6.07) is 8.25. The number of halogens is 1. The van der Waals surface area contributed by atoms with Crippen LogP contribution in [-0.4, -0.2) is 15.8 Å². The van der Waals surface area contributed by atoms with Crippen LogP contribution in [0.15, 0.2) is 36.7 Å². The van der Waals surface area contributed by atoms with Crippen molar-refractivity contribution >= 4 is 23.2 Å². The van der Waals surface area contributed by atoms with E-state index in [0.29, 0.717) is 11.8 Å². The molecule has 1 N–H and O–H groups in total. The number of hydrogen-bond donors (Lipinski definition) is 1. The number of hydrogen-bond acceptors (Lipinski definition) is 3. The number of nitrogens with one attached hydrogen (secondary N) is 1. The Morgan fingerprint density at radius 1 is 1.22 bits per heavy atom. The van der Waals surface area contributed by atoms with Gasteiger partial charge in [0.05, 0.1) is 0 Å². The Labute approximate surface area is 112 Å². The SMILES string of the molecule is Cc1cnc(Nc2cccc(CCCCl)c2)nc1. The van der Waals surface area contributed by atoms with Crippen LogP contribution in [0.4, 0.5) is 11.6 Å². The van der Waals surface area contributed by atoms with E-state index >= 15 is 0 Å². The molecule has 0 aliphatic heterocycles. The van der Waals surface area contributed by atoms with Crippen LogP contribution in [0.5, 0.6) is 0 Å². The van der Waals surface area contributed by atoms with Crippen LogP contribution in [0.3, 0.4) is 0 Å². The molecule has 0 bridgehead atoms. The molecule has 0 unspecified atom stereocenters. The number of aromatic nitrogens is 2. The largest absolute Gasteiger partial charge is 0.324 e. The third kappa shape index (κ3) is 3.70. The van der Waals surface area contributed by atoms with Crippen LogP contribution < -0.4 is 5.32 Å². The lowest BCUT2D eigenvalue weighted by Gasteiger charge is -2.06. The molecular formula is C14H16ClN3. The lowest BCUT2D eigenvalue weighted by molar-refractivity contribution is 0.929. The molecule has 0 spiro atoms. The molecule has 0 fully saturated rings. The summed E-state index contributed by atoms with van der Waals surface area (Å²) in [6.07, 6.45) is 5.58. The summed E-state index contributed by atoms with van der Waals surface area (Å²) < 4.78 is 0. The van der Waals surface area contributed by atoms with Crippen molar-refractivity contribution in [2.45, 2.75) is 19.8 Å². The molecule has 0 aliphatic carbocycles. The van der Waals surface area contributed by atoms with Gasteiger partial charge in [-0.25, -0.2) is 9.97 Å². The van der Waals surface area contributed by atoms with Crippen LogP contribution in [0.25, 0.3) is 0 Å². The van der Waals surface area contributed by atoms with Crippen LogP contribution in [0.2, 0.25) is 0 Å². The maximum absolute atomic E-state index is 5.70. The molecule has 0 radical (unpaired) electrons. The topological polar surface area (TPSA) is 37.8 Å². The van der Waals surface area contributed by atoms with Crippen molar-refractivity contribution in [2.75, 3.05) is 11.2 Å². The van der Waals surface area contributed by atoms with Gasteiger partial charge in [-0.15, -0.1) is 11.6 Å². The zero-order valence-electron chi connectivity index (χ0n) is 10.4. The average Bonchev–Trinajstić information content (AvgIpc) is 2.40. The first-order valence-corrected chi connectivity index (χ1v) is 6.52. The van der Waals surface area contributed by atoms with Crippen molar-refractivity contribution in [3.63, 3.8) is 0 Å². The lowest BCUT2D eigenvalue weighted by atomic mass is 10.1. The first-order valence-electron chi connectivity index (χ1n) is 5.98. The van der Waals surface area contributed by atoms with E-state index in [1.165, 1.54) is 5.56 Å². The smallest absolute Gasteiger partial charge is 0.227 e. The first-order chi connectivity index (χ1) is 8.78. The van der Waals surface area contributed by atoms with Gasteiger partial charge in [-0.05, 0) is 43.0 Å². The summed E-state index contributed by atoms with van der Waals surface area (Å²) >= 11 is 5.70. The molecule has 0 atom stereocenters. The number of nitrogens with zero attached hydrogens (tertiary/aromatic N) is 2. The fourth-order valence-electron chi connectivity index (χ4n) is 1.66. The number of anilines is 2. The fraction of sp³-hybridized carbons (Fsp3) is 0.286. The Hall–Kier alpha value is -1.61. The van der Waals surface area contributed by atoms with E-state index in [2.05, 4.69) is 27.4 Å². The van der Waals surface area contributed by atoms with Crippen LogP contribution in [0.1, 0.15) is 17.5 Å². The summed E-state index contributed by atoms with van der Waals surface area (Å²) in [5.74, 6) is 1.31. The standard InChI is InChI=1S/C14H16ClN3/c1-11-9-16-14(17-10-11)18-13-6-2-4-12(8-13)5-3-7-15/h2,4,6,8-10H,3,5,7H2,1H3,(H,16,17,18). The highest BCUT2D eigenvalue weighted by Gasteiger charge is 1.99. The Morgan fingerprint density at radius 3 is 2.72 bits per heavy atom. The molecule has 94 valence electrons. The summed E-state index contributed by atoms with van der Waals surface area (Å²) in [6.45, 7) is 1.97. The monoisotopic (exact) mass is 261 g/mol. The molecule has 18 heavy (non-hydrogen) atoms. The first kappa shape index (κ1) is 12.8. The van der Waals surface area contributed by atoms with Crippen molar-refractivity contribution in [1.82, 2.24) is 9.97 Å². The maximum atomic E-state index is 5.70. The Kier molecular flexibility index (Phi) is 4.53. The molecule has 2 aromatic rings. The predicted octanol–water partition coefficient (Wildman–Crippen LogP) is 3.70. The number of benzene rings is 1. The highest BCUT2D eigenvalue weighted by Crippen LogP contribution is 2.15. The Balaban J connectivity index is 2.06.